The number of halogens is 3. The summed E-state index contributed by atoms with van der Waals surface area (Å²) in [6.07, 6.45) is 1.95. The van der Waals surface area contributed by atoms with Crippen molar-refractivity contribution in [2.24, 2.45) is 11.8 Å². The molecule has 0 heterocycles. The van der Waals surface area contributed by atoms with Crippen molar-refractivity contribution in [3.05, 3.63) is 53.3 Å². The fraction of sp³-hybridized carbons (Fsp3) is 0.480. The zero-order valence-corrected chi connectivity index (χ0v) is 23.1. The van der Waals surface area contributed by atoms with Gasteiger partial charge in [0, 0.05) is 37.5 Å². The molecule has 39 heavy (non-hydrogen) atoms. The van der Waals surface area contributed by atoms with Crippen molar-refractivity contribution in [2.45, 2.75) is 41.4 Å². The Morgan fingerprint density at radius 2 is 1.62 bits per heavy atom. The number of hydrogen-bond acceptors (Lipinski definition) is 8. The third-order valence-corrected chi connectivity index (χ3v) is 10.2. The number of amides is 1. The summed E-state index contributed by atoms with van der Waals surface area (Å²) in [7, 11) is -4.61. The second-order valence-corrected chi connectivity index (χ2v) is 14.2. The highest BCUT2D eigenvalue weighted by Gasteiger charge is 2.54. The smallest absolute Gasteiger partial charge is 0.264 e. The van der Waals surface area contributed by atoms with Gasteiger partial charge in [0.1, 0.15) is 0 Å². The molecule has 0 aliphatic heterocycles. The van der Waals surface area contributed by atoms with E-state index in [0.717, 1.165) is 6.26 Å². The van der Waals surface area contributed by atoms with Gasteiger partial charge in [-0.1, -0.05) is 0 Å². The molecular weight excluding hydrogens is 561 g/mol. The average Bonchev–Trinajstić information content (AvgIpc) is 3.13. The highest BCUT2D eigenvalue weighted by molar-refractivity contribution is 7.92. The van der Waals surface area contributed by atoms with Gasteiger partial charge in [-0.15, -0.1) is 0 Å². The molecule has 214 valence electrons. The van der Waals surface area contributed by atoms with Gasteiger partial charge < -0.3 is 15.3 Å². The Balaban J connectivity index is 1.65. The first-order valence-electron chi connectivity index (χ1n) is 12.1. The molecule has 14 heteroatoms. The van der Waals surface area contributed by atoms with Crippen LogP contribution in [0.4, 0.5) is 24.5 Å². The molecule has 0 spiro atoms. The Hall–Kier alpha value is -2.68. The Kier molecular flexibility index (Phi) is 7.80. The van der Waals surface area contributed by atoms with E-state index in [1.165, 1.54) is 18.2 Å². The van der Waals surface area contributed by atoms with Gasteiger partial charge in [0.05, 0.1) is 34.3 Å². The van der Waals surface area contributed by atoms with Crippen LogP contribution in [0, 0.1) is 29.3 Å². The summed E-state index contributed by atoms with van der Waals surface area (Å²) >= 11 is 0. The van der Waals surface area contributed by atoms with Gasteiger partial charge in [0.15, 0.2) is 27.3 Å². The minimum absolute atomic E-state index is 0.0298. The Bertz CT molecular complexity index is 1480. The standard InChI is InChI=1S/C25H29F3N2O7S2/c1-30(2)20-7-6-14(24(31)29-17-9-18(26)22(28)19(27)10-17)8-21(20)39(35,36)23-15-4-5-16(23)12-25(32,11-15)13-37-38(3,33)34/h6-10,15-16,23,32H,4-5,11-13H2,1-3H3,(H,29,31). The number of anilines is 2. The summed E-state index contributed by atoms with van der Waals surface area (Å²) in [6.45, 7) is -0.464. The van der Waals surface area contributed by atoms with Gasteiger partial charge in [-0.3, -0.25) is 8.98 Å². The Morgan fingerprint density at radius 3 is 2.13 bits per heavy atom. The van der Waals surface area contributed by atoms with E-state index in [2.05, 4.69) is 5.32 Å². The maximum Gasteiger partial charge on any atom is 0.264 e. The lowest BCUT2D eigenvalue weighted by Crippen LogP contribution is -2.48. The molecule has 9 nitrogen and oxygen atoms in total. The van der Waals surface area contributed by atoms with Gasteiger partial charge in [-0.05, 0) is 55.7 Å². The van der Waals surface area contributed by atoms with E-state index in [-0.39, 0.29) is 29.0 Å². The predicted molar refractivity (Wildman–Crippen MR) is 137 cm³/mol. The summed E-state index contributed by atoms with van der Waals surface area (Å²) in [5.41, 5.74) is -1.64. The third-order valence-electron chi connectivity index (χ3n) is 7.27. The molecule has 0 saturated heterocycles. The number of benzene rings is 2. The number of nitrogens with zero attached hydrogens (tertiary/aromatic N) is 1. The number of nitrogens with one attached hydrogen (secondary N) is 1. The second-order valence-electron chi connectivity index (χ2n) is 10.5. The number of hydrogen-bond donors (Lipinski definition) is 2. The molecule has 2 N–H and O–H groups in total. The van der Waals surface area contributed by atoms with Crippen LogP contribution < -0.4 is 10.2 Å². The SMILES string of the molecule is CN(C)c1ccc(C(=O)Nc2cc(F)c(F)c(F)c2)cc1S(=O)(=O)C1C2CCC1CC(O)(COS(C)(=O)=O)C2. The quantitative estimate of drug-likeness (QED) is 0.355. The van der Waals surface area contributed by atoms with E-state index in [0.29, 0.717) is 30.7 Å². The van der Waals surface area contributed by atoms with E-state index in [9.17, 15) is 39.9 Å². The van der Waals surface area contributed by atoms with Crippen LogP contribution in [0.5, 0.6) is 0 Å². The number of aliphatic hydroxyl groups is 1. The van der Waals surface area contributed by atoms with E-state index in [1.54, 1.807) is 19.0 Å². The molecule has 0 aromatic heterocycles. The van der Waals surface area contributed by atoms with E-state index >= 15 is 0 Å². The van der Waals surface area contributed by atoms with Gasteiger partial charge in [0.2, 0.25) is 0 Å². The van der Waals surface area contributed by atoms with Crippen LogP contribution in [0.1, 0.15) is 36.0 Å². The number of carbonyl (C=O) groups excluding carboxylic acids is 1. The third kappa shape index (κ3) is 6.08. The molecule has 1 amide bonds. The molecule has 2 saturated carbocycles. The van der Waals surface area contributed by atoms with Crippen LogP contribution in [-0.4, -0.2) is 65.7 Å². The molecular formula is C25H29F3N2O7S2. The topological polar surface area (TPSA) is 130 Å². The monoisotopic (exact) mass is 590 g/mol. The van der Waals surface area contributed by atoms with Crippen molar-refractivity contribution in [2.75, 3.05) is 37.2 Å². The molecule has 2 aliphatic rings. The van der Waals surface area contributed by atoms with Crippen molar-refractivity contribution in [3.8, 4) is 0 Å². The summed E-state index contributed by atoms with van der Waals surface area (Å²) in [4.78, 5) is 14.3. The first-order valence-corrected chi connectivity index (χ1v) is 15.4. The number of carbonyl (C=O) groups is 1. The minimum Gasteiger partial charge on any atom is -0.387 e. The van der Waals surface area contributed by atoms with Gasteiger partial charge >= 0.3 is 0 Å². The van der Waals surface area contributed by atoms with E-state index in [1.807, 2.05) is 0 Å². The first kappa shape index (κ1) is 29.3. The molecule has 2 unspecified atom stereocenters. The Labute approximate surface area is 225 Å². The van der Waals surface area contributed by atoms with Crippen LogP contribution in [0.25, 0.3) is 0 Å². The highest BCUT2D eigenvalue weighted by Crippen LogP contribution is 2.51. The maximum atomic E-state index is 14.1. The molecule has 0 radical (unpaired) electrons. The van der Waals surface area contributed by atoms with Crippen molar-refractivity contribution in [1.82, 2.24) is 0 Å². The Morgan fingerprint density at radius 1 is 1.05 bits per heavy atom. The normalized spacial score (nSPS) is 24.9. The van der Waals surface area contributed by atoms with Crippen LogP contribution in [0.2, 0.25) is 0 Å². The van der Waals surface area contributed by atoms with Crippen molar-refractivity contribution in [3.63, 3.8) is 0 Å². The first-order chi connectivity index (χ1) is 18.0. The lowest BCUT2D eigenvalue weighted by molar-refractivity contribution is -0.0507. The maximum absolute atomic E-state index is 14.1. The largest absolute Gasteiger partial charge is 0.387 e. The fourth-order valence-electron chi connectivity index (χ4n) is 5.71. The fourth-order valence-corrected chi connectivity index (χ4v) is 8.75. The lowest BCUT2D eigenvalue weighted by Gasteiger charge is -2.40. The van der Waals surface area contributed by atoms with E-state index < -0.39 is 72.6 Å². The molecule has 2 atom stereocenters. The number of rotatable bonds is 8. The number of fused-ring (bicyclic) bond motifs is 2. The van der Waals surface area contributed by atoms with Crippen LogP contribution in [0.3, 0.4) is 0 Å². The van der Waals surface area contributed by atoms with E-state index in [4.69, 9.17) is 4.18 Å². The van der Waals surface area contributed by atoms with Crippen molar-refractivity contribution < 1.29 is 44.1 Å². The zero-order chi connectivity index (χ0) is 28.9. The molecule has 2 bridgehead atoms. The zero-order valence-electron chi connectivity index (χ0n) is 21.4. The molecule has 4 rings (SSSR count). The lowest BCUT2D eigenvalue weighted by atomic mass is 9.77. The highest BCUT2D eigenvalue weighted by atomic mass is 32.2. The molecule has 2 aromatic carbocycles. The summed E-state index contributed by atoms with van der Waals surface area (Å²) in [5, 5.41) is 12.4. The van der Waals surface area contributed by atoms with Gasteiger partial charge in [0.25, 0.3) is 16.0 Å². The minimum atomic E-state index is -4.08. The van der Waals surface area contributed by atoms with Crippen molar-refractivity contribution >= 4 is 37.2 Å². The van der Waals surface area contributed by atoms with Crippen LogP contribution >= 0.6 is 0 Å². The molecule has 2 aromatic rings. The van der Waals surface area contributed by atoms with Gasteiger partial charge in [-0.25, -0.2) is 21.6 Å². The van der Waals surface area contributed by atoms with Crippen LogP contribution in [0.15, 0.2) is 35.2 Å². The molecule has 2 aliphatic carbocycles. The summed E-state index contributed by atoms with van der Waals surface area (Å²) < 4.78 is 96.3. The summed E-state index contributed by atoms with van der Waals surface area (Å²) in [5.74, 6) is -6.48. The van der Waals surface area contributed by atoms with Crippen molar-refractivity contribution in [1.29, 1.82) is 0 Å². The second kappa shape index (κ2) is 10.4. The van der Waals surface area contributed by atoms with Gasteiger partial charge in [-0.2, -0.15) is 8.42 Å². The predicted octanol–water partition coefficient (Wildman–Crippen LogP) is 3.09. The summed E-state index contributed by atoms with van der Waals surface area (Å²) in [6, 6.07) is 5.20. The van der Waals surface area contributed by atoms with Crippen LogP contribution in [-0.2, 0) is 24.1 Å². The number of sulfone groups is 1. The molecule has 2 fully saturated rings. The average molecular weight is 591 g/mol.